The first kappa shape index (κ1) is 13.1. The molecule has 0 aliphatic carbocycles. The molecule has 0 atom stereocenters. The lowest BCUT2D eigenvalue weighted by atomic mass is 10.1. The van der Waals surface area contributed by atoms with Gasteiger partial charge in [-0.25, -0.2) is 0 Å². The number of anilines is 1. The van der Waals surface area contributed by atoms with Gasteiger partial charge in [-0.1, -0.05) is 48.5 Å². The summed E-state index contributed by atoms with van der Waals surface area (Å²) in [6.45, 7) is 0.648. The maximum atomic E-state index is 11.8. The number of nitrogens with one attached hydrogen (secondary N) is 1. The van der Waals surface area contributed by atoms with E-state index in [1.165, 1.54) is 5.56 Å². The monoisotopic (exact) mass is 254 g/mol. The number of carbonyl (C=O) groups is 1. The number of amides is 1. The molecule has 0 spiro atoms. The van der Waals surface area contributed by atoms with Crippen molar-refractivity contribution in [2.45, 2.75) is 12.8 Å². The molecule has 0 unspecified atom stereocenters. The fourth-order valence-corrected chi connectivity index (χ4v) is 1.92. The molecular formula is C16H18N2O. The van der Waals surface area contributed by atoms with Crippen molar-refractivity contribution < 1.29 is 4.79 Å². The number of nitrogen functional groups attached to an aromatic ring is 1. The van der Waals surface area contributed by atoms with Crippen molar-refractivity contribution >= 4 is 11.6 Å². The number of rotatable bonds is 5. The third kappa shape index (κ3) is 4.14. The summed E-state index contributed by atoms with van der Waals surface area (Å²) in [6, 6.07) is 17.6. The summed E-state index contributed by atoms with van der Waals surface area (Å²) in [5.41, 5.74) is 8.57. The second-order valence-corrected chi connectivity index (χ2v) is 4.46. The Hall–Kier alpha value is -2.29. The highest BCUT2D eigenvalue weighted by Crippen LogP contribution is 2.10. The number of hydrogen-bond acceptors (Lipinski definition) is 2. The molecule has 0 fully saturated rings. The standard InChI is InChI=1S/C16H18N2O/c17-15-9-5-4-8-14(15)12-16(19)18-11-10-13-6-2-1-3-7-13/h1-9H,10-12,17H2,(H,18,19). The van der Waals surface area contributed by atoms with Gasteiger partial charge < -0.3 is 11.1 Å². The van der Waals surface area contributed by atoms with E-state index in [0.717, 1.165) is 12.0 Å². The van der Waals surface area contributed by atoms with Crippen LogP contribution in [-0.2, 0) is 17.6 Å². The maximum absolute atomic E-state index is 11.8. The Bertz CT molecular complexity index is 537. The first-order chi connectivity index (χ1) is 9.25. The normalized spacial score (nSPS) is 10.1. The summed E-state index contributed by atoms with van der Waals surface area (Å²) < 4.78 is 0. The summed E-state index contributed by atoms with van der Waals surface area (Å²) in [4.78, 5) is 11.8. The Morgan fingerprint density at radius 3 is 2.42 bits per heavy atom. The number of hydrogen-bond donors (Lipinski definition) is 2. The molecule has 98 valence electrons. The second-order valence-electron chi connectivity index (χ2n) is 4.46. The summed E-state index contributed by atoms with van der Waals surface area (Å²) in [5, 5.41) is 2.91. The Morgan fingerprint density at radius 1 is 1.00 bits per heavy atom. The van der Waals surface area contributed by atoms with E-state index in [1.54, 1.807) is 0 Å². The van der Waals surface area contributed by atoms with Crippen LogP contribution in [0.25, 0.3) is 0 Å². The quantitative estimate of drug-likeness (QED) is 0.803. The van der Waals surface area contributed by atoms with Crippen molar-refractivity contribution in [1.29, 1.82) is 0 Å². The fourth-order valence-electron chi connectivity index (χ4n) is 1.92. The second kappa shape index (κ2) is 6.59. The van der Waals surface area contributed by atoms with Crippen molar-refractivity contribution in [3.05, 3.63) is 65.7 Å². The molecule has 0 radical (unpaired) electrons. The van der Waals surface area contributed by atoms with E-state index in [2.05, 4.69) is 17.4 Å². The highest BCUT2D eigenvalue weighted by Gasteiger charge is 2.05. The van der Waals surface area contributed by atoms with Gasteiger partial charge in [-0.3, -0.25) is 4.79 Å². The van der Waals surface area contributed by atoms with Crippen molar-refractivity contribution in [2.24, 2.45) is 0 Å². The van der Waals surface area contributed by atoms with Crippen LogP contribution in [0.1, 0.15) is 11.1 Å². The fraction of sp³-hybridized carbons (Fsp3) is 0.188. The predicted octanol–water partition coefficient (Wildman–Crippen LogP) is 2.17. The van der Waals surface area contributed by atoms with Gasteiger partial charge in [-0.05, 0) is 23.6 Å². The van der Waals surface area contributed by atoms with Crippen molar-refractivity contribution in [1.82, 2.24) is 5.32 Å². The lowest BCUT2D eigenvalue weighted by Gasteiger charge is -2.07. The summed E-state index contributed by atoms with van der Waals surface area (Å²) in [7, 11) is 0. The summed E-state index contributed by atoms with van der Waals surface area (Å²) in [6.07, 6.45) is 1.18. The van der Waals surface area contributed by atoms with Gasteiger partial charge in [-0.2, -0.15) is 0 Å². The van der Waals surface area contributed by atoms with Gasteiger partial charge in [0.05, 0.1) is 6.42 Å². The molecule has 2 aromatic carbocycles. The van der Waals surface area contributed by atoms with Gasteiger partial charge in [0.25, 0.3) is 0 Å². The third-order valence-electron chi connectivity index (χ3n) is 2.98. The molecule has 3 heteroatoms. The maximum Gasteiger partial charge on any atom is 0.224 e. The third-order valence-corrected chi connectivity index (χ3v) is 2.98. The van der Waals surface area contributed by atoms with Gasteiger partial charge >= 0.3 is 0 Å². The van der Waals surface area contributed by atoms with E-state index in [-0.39, 0.29) is 5.91 Å². The molecule has 0 aliphatic heterocycles. The topological polar surface area (TPSA) is 55.1 Å². The van der Waals surface area contributed by atoms with Crippen molar-refractivity contribution in [3.63, 3.8) is 0 Å². The molecule has 3 nitrogen and oxygen atoms in total. The first-order valence-electron chi connectivity index (χ1n) is 6.40. The van der Waals surface area contributed by atoms with Gasteiger partial charge in [0.15, 0.2) is 0 Å². The van der Waals surface area contributed by atoms with Crippen molar-refractivity contribution in [3.8, 4) is 0 Å². The number of para-hydroxylation sites is 1. The van der Waals surface area contributed by atoms with Crippen LogP contribution >= 0.6 is 0 Å². The van der Waals surface area contributed by atoms with Crippen LogP contribution < -0.4 is 11.1 Å². The van der Waals surface area contributed by atoms with Gasteiger partial charge in [0.1, 0.15) is 0 Å². The minimum Gasteiger partial charge on any atom is -0.398 e. The minimum atomic E-state index is 0.00818. The zero-order valence-electron chi connectivity index (χ0n) is 10.8. The smallest absolute Gasteiger partial charge is 0.224 e. The predicted molar refractivity (Wildman–Crippen MR) is 77.7 cm³/mol. The molecule has 0 aromatic heterocycles. The Morgan fingerprint density at radius 2 is 1.68 bits per heavy atom. The Kier molecular flexibility index (Phi) is 4.56. The molecule has 0 aliphatic rings. The Labute approximate surface area is 113 Å². The first-order valence-corrected chi connectivity index (χ1v) is 6.40. The SMILES string of the molecule is Nc1ccccc1CC(=O)NCCc1ccccc1. The zero-order chi connectivity index (χ0) is 13.5. The Balaban J connectivity index is 1.78. The van der Waals surface area contributed by atoms with Crippen LogP contribution in [0.3, 0.4) is 0 Å². The number of carbonyl (C=O) groups excluding carboxylic acids is 1. The highest BCUT2D eigenvalue weighted by molar-refractivity contribution is 5.80. The van der Waals surface area contributed by atoms with Gasteiger partial charge in [-0.15, -0.1) is 0 Å². The van der Waals surface area contributed by atoms with Crippen LogP contribution in [0.15, 0.2) is 54.6 Å². The summed E-state index contributed by atoms with van der Waals surface area (Å²) in [5.74, 6) is 0.00818. The largest absolute Gasteiger partial charge is 0.398 e. The van der Waals surface area contributed by atoms with Crippen LogP contribution in [0.5, 0.6) is 0 Å². The molecule has 0 bridgehead atoms. The lowest BCUT2D eigenvalue weighted by molar-refractivity contribution is -0.120. The van der Waals surface area contributed by atoms with E-state index < -0.39 is 0 Å². The van der Waals surface area contributed by atoms with Crippen LogP contribution in [0.4, 0.5) is 5.69 Å². The number of nitrogens with two attached hydrogens (primary N) is 1. The number of benzene rings is 2. The van der Waals surface area contributed by atoms with E-state index in [4.69, 9.17) is 5.73 Å². The molecule has 19 heavy (non-hydrogen) atoms. The summed E-state index contributed by atoms with van der Waals surface area (Å²) >= 11 is 0. The molecule has 0 saturated carbocycles. The molecule has 0 saturated heterocycles. The molecule has 0 heterocycles. The minimum absolute atomic E-state index is 0.00818. The van der Waals surface area contributed by atoms with Gasteiger partial charge in [0, 0.05) is 12.2 Å². The van der Waals surface area contributed by atoms with Crippen molar-refractivity contribution in [2.75, 3.05) is 12.3 Å². The van der Waals surface area contributed by atoms with Crippen LogP contribution in [0.2, 0.25) is 0 Å². The molecule has 1 amide bonds. The molecular weight excluding hydrogens is 236 g/mol. The molecule has 2 rings (SSSR count). The molecule has 2 aromatic rings. The lowest BCUT2D eigenvalue weighted by Crippen LogP contribution is -2.27. The van der Waals surface area contributed by atoms with Crippen LogP contribution in [-0.4, -0.2) is 12.5 Å². The van der Waals surface area contributed by atoms with E-state index >= 15 is 0 Å². The van der Waals surface area contributed by atoms with E-state index in [9.17, 15) is 4.79 Å². The van der Waals surface area contributed by atoms with Gasteiger partial charge in [0.2, 0.25) is 5.91 Å². The average molecular weight is 254 g/mol. The highest BCUT2D eigenvalue weighted by atomic mass is 16.1. The zero-order valence-corrected chi connectivity index (χ0v) is 10.8. The van der Waals surface area contributed by atoms with Crippen LogP contribution in [0, 0.1) is 0 Å². The average Bonchev–Trinajstić information content (AvgIpc) is 2.43. The molecule has 3 N–H and O–H groups in total. The van der Waals surface area contributed by atoms with E-state index in [0.29, 0.717) is 18.7 Å². The van der Waals surface area contributed by atoms with E-state index in [1.807, 2.05) is 42.5 Å².